The maximum Gasteiger partial charge on any atom is 0.253 e. The molecule has 3 rings (SSSR count). The minimum Gasteiger partial charge on any atom is -0.396 e. The standard InChI is InChI=1S/C19H26F2N2O2/c20-17-6-5-14(9-18(17)21)19(25)23-11-15(16(12-23)13-24)10-22-7-3-1-2-4-8-22/h5-6,9,15-16,24H,1-4,7-8,10-13H2/t15-,16-/m0/s1. The Hall–Kier alpha value is -1.53. The number of carbonyl (C=O) groups excluding carboxylic acids is 1. The molecular formula is C19H26F2N2O2. The van der Waals surface area contributed by atoms with Gasteiger partial charge in [0.15, 0.2) is 11.6 Å². The van der Waals surface area contributed by atoms with Crippen molar-refractivity contribution in [3.63, 3.8) is 0 Å². The maximum atomic E-state index is 13.4. The van der Waals surface area contributed by atoms with Gasteiger partial charge in [0.1, 0.15) is 0 Å². The van der Waals surface area contributed by atoms with Gasteiger partial charge < -0.3 is 14.9 Å². The van der Waals surface area contributed by atoms with Crippen LogP contribution in [0.15, 0.2) is 18.2 Å². The van der Waals surface area contributed by atoms with Crippen LogP contribution in [0.25, 0.3) is 0 Å². The van der Waals surface area contributed by atoms with Crippen molar-refractivity contribution >= 4 is 5.91 Å². The molecule has 2 fully saturated rings. The highest BCUT2D eigenvalue weighted by Gasteiger charge is 2.36. The van der Waals surface area contributed by atoms with E-state index in [2.05, 4.69) is 4.90 Å². The summed E-state index contributed by atoms with van der Waals surface area (Å²) < 4.78 is 26.5. The summed E-state index contributed by atoms with van der Waals surface area (Å²) in [6, 6.07) is 3.25. The number of carbonyl (C=O) groups is 1. The van der Waals surface area contributed by atoms with Gasteiger partial charge in [-0.2, -0.15) is 0 Å². The molecular weight excluding hydrogens is 326 g/mol. The third-order valence-electron chi connectivity index (χ3n) is 5.46. The molecule has 0 bridgehead atoms. The SMILES string of the molecule is O=C(c1ccc(F)c(F)c1)N1C[C@@H](CO)[C@@H](CN2CCCCCC2)C1. The zero-order chi connectivity index (χ0) is 17.8. The number of hydrogen-bond donors (Lipinski definition) is 1. The van der Waals surface area contributed by atoms with Gasteiger partial charge in [0.05, 0.1) is 0 Å². The summed E-state index contributed by atoms with van der Waals surface area (Å²) in [7, 11) is 0. The van der Waals surface area contributed by atoms with Gasteiger partial charge in [0, 0.05) is 37.7 Å². The van der Waals surface area contributed by atoms with Gasteiger partial charge in [-0.05, 0) is 50.0 Å². The summed E-state index contributed by atoms with van der Waals surface area (Å²) >= 11 is 0. The summed E-state index contributed by atoms with van der Waals surface area (Å²) in [6.07, 6.45) is 4.94. The van der Waals surface area contributed by atoms with Gasteiger partial charge in [-0.1, -0.05) is 12.8 Å². The maximum absolute atomic E-state index is 13.4. The third-order valence-corrected chi connectivity index (χ3v) is 5.46. The Morgan fingerprint density at radius 1 is 1.04 bits per heavy atom. The predicted molar refractivity (Wildman–Crippen MR) is 91.2 cm³/mol. The van der Waals surface area contributed by atoms with E-state index in [1.807, 2.05) is 0 Å². The Morgan fingerprint density at radius 3 is 2.36 bits per heavy atom. The molecule has 2 aliphatic rings. The summed E-state index contributed by atoms with van der Waals surface area (Å²) in [6.45, 7) is 4.09. The number of hydrogen-bond acceptors (Lipinski definition) is 3. The molecule has 0 aromatic heterocycles. The molecule has 1 aromatic carbocycles. The number of halogens is 2. The number of benzene rings is 1. The first kappa shape index (κ1) is 18.3. The normalized spacial score (nSPS) is 25.2. The van der Waals surface area contributed by atoms with Gasteiger partial charge in [-0.15, -0.1) is 0 Å². The van der Waals surface area contributed by atoms with Crippen LogP contribution in [0, 0.1) is 23.5 Å². The second-order valence-electron chi connectivity index (χ2n) is 7.26. The lowest BCUT2D eigenvalue weighted by atomic mass is 9.96. The van der Waals surface area contributed by atoms with Gasteiger partial charge in [-0.25, -0.2) is 8.78 Å². The highest BCUT2D eigenvalue weighted by molar-refractivity contribution is 5.94. The van der Waals surface area contributed by atoms with E-state index >= 15 is 0 Å². The number of amides is 1. The van der Waals surface area contributed by atoms with Gasteiger partial charge in [0.25, 0.3) is 5.91 Å². The fourth-order valence-electron chi connectivity index (χ4n) is 3.98. The number of aliphatic hydroxyl groups excluding tert-OH is 1. The minimum absolute atomic E-state index is 0.0394. The summed E-state index contributed by atoms with van der Waals surface area (Å²) in [5.74, 6) is -2.00. The van der Waals surface area contributed by atoms with Gasteiger partial charge in [0.2, 0.25) is 0 Å². The van der Waals surface area contributed by atoms with E-state index in [4.69, 9.17) is 0 Å². The fourth-order valence-corrected chi connectivity index (χ4v) is 3.98. The molecule has 0 saturated carbocycles. The van der Waals surface area contributed by atoms with Crippen molar-refractivity contribution in [2.75, 3.05) is 39.3 Å². The Morgan fingerprint density at radius 2 is 1.72 bits per heavy atom. The van der Waals surface area contributed by atoms with Crippen LogP contribution in [0.4, 0.5) is 8.78 Å². The molecule has 0 aliphatic carbocycles. The van der Waals surface area contributed by atoms with Crippen LogP contribution in [0.5, 0.6) is 0 Å². The zero-order valence-corrected chi connectivity index (χ0v) is 14.5. The summed E-state index contributed by atoms with van der Waals surface area (Å²) in [5.41, 5.74) is 0.158. The number of rotatable bonds is 4. The van der Waals surface area contributed by atoms with Crippen LogP contribution in [0.2, 0.25) is 0 Å². The van der Waals surface area contributed by atoms with E-state index in [0.29, 0.717) is 13.1 Å². The lowest BCUT2D eigenvalue weighted by molar-refractivity contribution is 0.0778. The first-order valence-electron chi connectivity index (χ1n) is 9.16. The van der Waals surface area contributed by atoms with E-state index in [1.165, 1.54) is 31.7 Å². The molecule has 1 N–H and O–H groups in total. The average Bonchev–Trinajstić information content (AvgIpc) is 2.83. The quantitative estimate of drug-likeness (QED) is 0.906. The smallest absolute Gasteiger partial charge is 0.253 e. The van der Waals surface area contributed by atoms with Gasteiger partial charge in [-0.3, -0.25) is 4.79 Å². The molecule has 25 heavy (non-hydrogen) atoms. The number of nitrogens with zero attached hydrogens (tertiary/aromatic N) is 2. The molecule has 2 aliphatic heterocycles. The second-order valence-corrected chi connectivity index (χ2v) is 7.26. The molecule has 6 heteroatoms. The van der Waals surface area contributed by atoms with Crippen molar-refractivity contribution in [2.24, 2.45) is 11.8 Å². The van der Waals surface area contributed by atoms with Gasteiger partial charge >= 0.3 is 0 Å². The van der Waals surface area contributed by atoms with Crippen LogP contribution in [0.3, 0.4) is 0 Å². The van der Waals surface area contributed by atoms with E-state index in [1.54, 1.807) is 4.90 Å². The van der Waals surface area contributed by atoms with E-state index in [-0.39, 0.29) is 29.9 Å². The molecule has 2 atom stereocenters. The van der Waals surface area contributed by atoms with E-state index in [9.17, 15) is 18.7 Å². The summed E-state index contributed by atoms with van der Waals surface area (Å²) in [4.78, 5) is 16.7. The molecule has 0 radical (unpaired) electrons. The van der Waals surface area contributed by atoms with Crippen molar-refractivity contribution in [2.45, 2.75) is 25.7 Å². The highest BCUT2D eigenvalue weighted by Crippen LogP contribution is 2.27. The van der Waals surface area contributed by atoms with Crippen LogP contribution < -0.4 is 0 Å². The van der Waals surface area contributed by atoms with Crippen molar-refractivity contribution in [1.29, 1.82) is 0 Å². The van der Waals surface area contributed by atoms with Crippen molar-refractivity contribution in [3.8, 4) is 0 Å². The lowest BCUT2D eigenvalue weighted by Crippen LogP contribution is -2.35. The highest BCUT2D eigenvalue weighted by atomic mass is 19.2. The molecule has 2 heterocycles. The van der Waals surface area contributed by atoms with Crippen molar-refractivity contribution in [1.82, 2.24) is 9.80 Å². The molecule has 0 spiro atoms. The Kier molecular flexibility index (Phi) is 6.02. The first-order chi connectivity index (χ1) is 12.1. The van der Waals surface area contributed by atoms with Crippen LogP contribution >= 0.6 is 0 Å². The number of likely N-dealkylation sites (tertiary alicyclic amines) is 2. The van der Waals surface area contributed by atoms with Crippen LogP contribution in [0.1, 0.15) is 36.0 Å². The number of aliphatic hydroxyl groups is 1. The fraction of sp³-hybridized carbons (Fsp3) is 0.632. The predicted octanol–water partition coefficient (Wildman–Crippen LogP) is 2.52. The molecule has 138 valence electrons. The largest absolute Gasteiger partial charge is 0.396 e. The molecule has 4 nitrogen and oxygen atoms in total. The monoisotopic (exact) mass is 352 g/mol. The Bertz CT molecular complexity index is 603. The molecule has 1 amide bonds. The van der Waals surface area contributed by atoms with Crippen LogP contribution in [-0.4, -0.2) is 60.1 Å². The molecule has 1 aromatic rings. The summed E-state index contributed by atoms with van der Waals surface area (Å²) in [5, 5.41) is 9.71. The van der Waals surface area contributed by atoms with Crippen LogP contribution in [-0.2, 0) is 0 Å². The topological polar surface area (TPSA) is 43.8 Å². The Labute approximate surface area is 147 Å². The third kappa shape index (κ3) is 4.36. The Balaban J connectivity index is 1.65. The van der Waals surface area contributed by atoms with Crippen molar-refractivity contribution in [3.05, 3.63) is 35.4 Å². The first-order valence-corrected chi connectivity index (χ1v) is 9.16. The second kappa shape index (κ2) is 8.23. The molecule has 0 unspecified atom stereocenters. The van der Waals surface area contributed by atoms with E-state index < -0.39 is 11.6 Å². The molecule has 2 saturated heterocycles. The van der Waals surface area contributed by atoms with E-state index in [0.717, 1.165) is 31.8 Å². The minimum atomic E-state index is -1.01. The lowest BCUT2D eigenvalue weighted by Gasteiger charge is -2.26. The average molecular weight is 352 g/mol. The zero-order valence-electron chi connectivity index (χ0n) is 14.5. The van der Waals surface area contributed by atoms with Crippen molar-refractivity contribution < 1.29 is 18.7 Å².